The number of carbonyl (C=O) groups excluding carboxylic acids is 1. The van der Waals surface area contributed by atoms with Crippen LogP contribution in [-0.4, -0.2) is 39.7 Å². The second kappa shape index (κ2) is 7.16. The van der Waals surface area contributed by atoms with Crippen molar-refractivity contribution in [1.29, 1.82) is 0 Å². The van der Waals surface area contributed by atoms with Crippen LogP contribution in [0.1, 0.15) is 34.6 Å². The summed E-state index contributed by atoms with van der Waals surface area (Å²) < 4.78 is 5.53. The van der Waals surface area contributed by atoms with Crippen molar-refractivity contribution in [2.24, 2.45) is 0 Å². The molecule has 1 aromatic heterocycles. The second-order valence-corrected chi connectivity index (χ2v) is 6.56. The molecule has 4 N–H and O–H groups in total. The number of H-pyrrole nitrogens is 1. The number of nitrogen functional groups attached to an aromatic ring is 1. The molecular weight excluding hydrogens is 344 g/mol. The highest BCUT2D eigenvalue weighted by Crippen LogP contribution is 2.39. The Morgan fingerprint density at radius 1 is 1.11 bits per heavy atom. The van der Waals surface area contributed by atoms with E-state index in [4.69, 9.17) is 10.5 Å². The van der Waals surface area contributed by atoms with Crippen molar-refractivity contribution in [1.82, 2.24) is 20.6 Å². The number of para-hydroxylation sites is 2. The number of aromatic nitrogens is 4. The van der Waals surface area contributed by atoms with Gasteiger partial charge in [0.2, 0.25) is 0 Å². The van der Waals surface area contributed by atoms with E-state index in [1.807, 2.05) is 36.4 Å². The van der Waals surface area contributed by atoms with Gasteiger partial charge in [-0.3, -0.25) is 4.79 Å². The number of tetrazole rings is 1. The summed E-state index contributed by atoms with van der Waals surface area (Å²) in [6.45, 7) is 1.27. The molecule has 0 saturated carbocycles. The van der Waals surface area contributed by atoms with Crippen molar-refractivity contribution in [3.05, 3.63) is 65.5 Å². The lowest BCUT2D eigenvalue weighted by Crippen LogP contribution is -2.36. The fraction of sp³-hybridized carbons (Fsp3) is 0.263. The zero-order chi connectivity index (χ0) is 18.7. The van der Waals surface area contributed by atoms with Gasteiger partial charge in [0.15, 0.2) is 5.82 Å². The molecule has 138 valence electrons. The van der Waals surface area contributed by atoms with Crippen LogP contribution in [0, 0.1) is 0 Å². The summed E-state index contributed by atoms with van der Waals surface area (Å²) in [5.74, 6) is 0.516. The van der Waals surface area contributed by atoms with E-state index in [-0.39, 0.29) is 11.3 Å². The number of rotatable bonds is 4. The quantitative estimate of drug-likeness (QED) is 0.610. The Balaban J connectivity index is 1.59. The Morgan fingerprint density at radius 2 is 1.85 bits per heavy atom. The third-order valence-corrected chi connectivity index (χ3v) is 5.05. The number of nitrogens with two attached hydrogens (primary N) is 1. The van der Waals surface area contributed by atoms with Crippen molar-refractivity contribution >= 4 is 17.3 Å². The monoisotopic (exact) mass is 364 g/mol. The van der Waals surface area contributed by atoms with Crippen LogP contribution in [0.5, 0.6) is 0 Å². The number of nitrogens with zero attached hydrogens (tertiary/aromatic N) is 3. The molecule has 4 rings (SSSR count). The molecule has 8 nitrogen and oxygen atoms in total. The molecule has 0 aliphatic carbocycles. The third kappa shape index (κ3) is 3.26. The van der Waals surface area contributed by atoms with Gasteiger partial charge in [-0.25, -0.2) is 5.10 Å². The van der Waals surface area contributed by atoms with Gasteiger partial charge >= 0.3 is 0 Å². The average Bonchev–Trinajstić information content (AvgIpc) is 3.26. The largest absolute Gasteiger partial charge is 0.397 e. The van der Waals surface area contributed by atoms with Crippen LogP contribution in [0.15, 0.2) is 48.5 Å². The van der Waals surface area contributed by atoms with E-state index >= 15 is 0 Å². The maximum Gasteiger partial charge on any atom is 0.255 e. The molecule has 0 bridgehead atoms. The minimum absolute atomic E-state index is 0.207. The van der Waals surface area contributed by atoms with Crippen molar-refractivity contribution < 1.29 is 9.53 Å². The van der Waals surface area contributed by atoms with Crippen molar-refractivity contribution in [2.45, 2.75) is 18.3 Å². The van der Waals surface area contributed by atoms with Crippen LogP contribution in [0.4, 0.5) is 11.4 Å². The molecular formula is C19H20N6O2. The van der Waals surface area contributed by atoms with E-state index in [0.717, 1.165) is 24.2 Å². The maximum atomic E-state index is 12.5. The normalized spacial score (nSPS) is 16.0. The summed E-state index contributed by atoms with van der Waals surface area (Å²) in [5.41, 5.74) is 8.30. The van der Waals surface area contributed by atoms with E-state index in [1.54, 1.807) is 12.1 Å². The highest BCUT2D eigenvalue weighted by Gasteiger charge is 2.39. The standard InChI is InChI=1S/C19H20N6O2/c20-15-3-1-2-4-16(15)21-17(26)13-5-7-14(8-6-13)19(9-11-27-12-10-19)18-22-24-25-23-18/h1-8H,9-12,20H2,(H,21,26)(H,22,23,24,25). The van der Waals surface area contributed by atoms with Crippen LogP contribution in [0.2, 0.25) is 0 Å². The predicted molar refractivity (Wildman–Crippen MR) is 100 cm³/mol. The third-order valence-electron chi connectivity index (χ3n) is 5.05. The lowest BCUT2D eigenvalue weighted by Gasteiger charge is -2.35. The average molecular weight is 364 g/mol. The van der Waals surface area contributed by atoms with Crippen LogP contribution in [0.3, 0.4) is 0 Å². The van der Waals surface area contributed by atoms with Crippen LogP contribution in [-0.2, 0) is 10.2 Å². The highest BCUT2D eigenvalue weighted by atomic mass is 16.5. The summed E-state index contributed by atoms with van der Waals surface area (Å²) in [5, 5.41) is 17.4. The zero-order valence-corrected chi connectivity index (χ0v) is 14.7. The molecule has 1 fully saturated rings. The van der Waals surface area contributed by atoms with Gasteiger partial charge in [-0.05, 0) is 53.1 Å². The van der Waals surface area contributed by atoms with Gasteiger partial charge < -0.3 is 15.8 Å². The Kier molecular flexibility index (Phi) is 4.55. The smallest absolute Gasteiger partial charge is 0.255 e. The molecule has 0 unspecified atom stereocenters. The number of carbonyl (C=O) groups is 1. The molecule has 1 amide bonds. The number of benzene rings is 2. The van der Waals surface area contributed by atoms with Gasteiger partial charge in [0.05, 0.1) is 16.8 Å². The molecule has 0 spiro atoms. The van der Waals surface area contributed by atoms with Gasteiger partial charge in [0.25, 0.3) is 5.91 Å². The zero-order valence-electron chi connectivity index (χ0n) is 14.7. The number of anilines is 2. The van der Waals surface area contributed by atoms with Gasteiger partial charge in [-0.15, -0.1) is 5.10 Å². The molecule has 0 atom stereocenters. The SMILES string of the molecule is Nc1ccccc1NC(=O)c1ccc(C2(c3nnn[nH]3)CCOCC2)cc1. The first kappa shape index (κ1) is 17.2. The number of amides is 1. The van der Waals surface area contributed by atoms with E-state index < -0.39 is 0 Å². The Hall–Kier alpha value is -3.26. The minimum Gasteiger partial charge on any atom is -0.397 e. The van der Waals surface area contributed by atoms with Crippen LogP contribution in [0.25, 0.3) is 0 Å². The molecule has 8 heteroatoms. The molecule has 2 aromatic carbocycles. The number of hydrogen-bond acceptors (Lipinski definition) is 6. The molecule has 1 saturated heterocycles. The number of nitrogens with one attached hydrogen (secondary N) is 2. The molecule has 3 aromatic rings. The fourth-order valence-corrected chi connectivity index (χ4v) is 3.49. The second-order valence-electron chi connectivity index (χ2n) is 6.56. The van der Waals surface area contributed by atoms with Crippen molar-refractivity contribution in [3.8, 4) is 0 Å². The van der Waals surface area contributed by atoms with Crippen LogP contribution < -0.4 is 11.1 Å². The van der Waals surface area contributed by atoms with Gasteiger partial charge in [-0.1, -0.05) is 24.3 Å². The van der Waals surface area contributed by atoms with Crippen molar-refractivity contribution in [3.63, 3.8) is 0 Å². The van der Waals surface area contributed by atoms with Gasteiger partial charge in [0, 0.05) is 18.8 Å². The molecule has 1 aliphatic rings. The summed E-state index contributed by atoms with van der Waals surface area (Å²) in [6, 6.07) is 14.7. The van der Waals surface area contributed by atoms with Crippen LogP contribution >= 0.6 is 0 Å². The summed E-state index contributed by atoms with van der Waals surface area (Å²) in [7, 11) is 0. The molecule has 1 aliphatic heterocycles. The summed E-state index contributed by atoms with van der Waals surface area (Å²) in [6.07, 6.45) is 1.55. The first-order valence-corrected chi connectivity index (χ1v) is 8.77. The van der Waals surface area contributed by atoms with E-state index in [1.165, 1.54) is 0 Å². The maximum absolute atomic E-state index is 12.5. The first-order chi connectivity index (χ1) is 13.2. The van der Waals surface area contributed by atoms with E-state index in [9.17, 15) is 4.79 Å². The van der Waals surface area contributed by atoms with Gasteiger partial charge in [-0.2, -0.15) is 0 Å². The van der Waals surface area contributed by atoms with E-state index in [2.05, 4.69) is 25.9 Å². The number of ether oxygens (including phenoxy) is 1. The lowest BCUT2D eigenvalue weighted by atomic mass is 9.73. The summed E-state index contributed by atoms with van der Waals surface area (Å²) in [4.78, 5) is 12.5. The first-order valence-electron chi connectivity index (χ1n) is 8.77. The molecule has 2 heterocycles. The molecule has 0 radical (unpaired) electrons. The topological polar surface area (TPSA) is 119 Å². The lowest BCUT2D eigenvalue weighted by molar-refractivity contribution is 0.0604. The van der Waals surface area contributed by atoms with E-state index in [0.29, 0.717) is 30.2 Å². The highest BCUT2D eigenvalue weighted by molar-refractivity contribution is 6.05. The van der Waals surface area contributed by atoms with Crippen molar-refractivity contribution in [2.75, 3.05) is 24.3 Å². The Bertz CT molecular complexity index is 918. The minimum atomic E-state index is -0.333. The Morgan fingerprint density at radius 3 is 2.52 bits per heavy atom. The van der Waals surface area contributed by atoms with Gasteiger partial charge in [0.1, 0.15) is 0 Å². The molecule has 27 heavy (non-hydrogen) atoms. The number of hydrogen-bond donors (Lipinski definition) is 3. The fourth-order valence-electron chi connectivity index (χ4n) is 3.49. The Labute approximate surface area is 156 Å². The number of aromatic amines is 1. The predicted octanol–water partition coefficient (Wildman–Crippen LogP) is 2.13. The summed E-state index contributed by atoms with van der Waals surface area (Å²) >= 11 is 0.